The smallest absolute Gasteiger partial charge is 0.153 e. The number of ether oxygens (including phenoxy) is 1. The molecule has 1 fully saturated rings. The highest BCUT2D eigenvalue weighted by atomic mass is 19.1. The minimum atomic E-state index is -0.632. The molecule has 0 radical (unpaired) electrons. The maximum Gasteiger partial charge on any atom is 0.153 e. The molecule has 1 aliphatic heterocycles. The molecule has 5 heteroatoms. The molecule has 3 rings (SSSR count). The Kier molecular flexibility index (Phi) is 6.22. The molecule has 0 bridgehead atoms. The van der Waals surface area contributed by atoms with Crippen LogP contribution in [-0.4, -0.2) is 36.4 Å². The molecule has 0 spiro atoms. The van der Waals surface area contributed by atoms with Gasteiger partial charge in [-0.3, -0.25) is 9.69 Å². The largest absolute Gasteiger partial charge is 0.492 e. The molecular weight excluding hydrogens is 348 g/mol. The van der Waals surface area contributed by atoms with Crippen molar-refractivity contribution in [2.24, 2.45) is 0 Å². The minimum absolute atomic E-state index is 0.0453. The Balaban J connectivity index is 1.82. The van der Waals surface area contributed by atoms with E-state index >= 15 is 0 Å². The van der Waals surface area contributed by atoms with E-state index in [1.165, 1.54) is 30.3 Å². The Labute approximate surface area is 158 Å². The SMILES string of the molecule is CCC(C)N1CCCC1COc1cc(F)c(C=O)c(-c2ccc(F)cc2)c1. The first-order chi connectivity index (χ1) is 13.0. The summed E-state index contributed by atoms with van der Waals surface area (Å²) in [6.45, 7) is 5.92. The van der Waals surface area contributed by atoms with Crippen LogP contribution in [0.25, 0.3) is 11.1 Å². The van der Waals surface area contributed by atoms with Gasteiger partial charge in [-0.1, -0.05) is 19.1 Å². The van der Waals surface area contributed by atoms with Crippen LogP contribution in [0.4, 0.5) is 8.78 Å². The Morgan fingerprint density at radius 2 is 2.00 bits per heavy atom. The molecule has 3 nitrogen and oxygen atoms in total. The Bertz CT molecular complexity index is 792. The van der Waals surface area contributed by atoms with E-state index in [0.717, 1.165) is 25.8 Å². The molecule has 2 aromatic carbocycles. The van der Waals surface area contributed by atoms with Gasteiger partial charge in [0.2, 0.25) is 0 Å². The highest BCUT2D eigenvalue weighted by Crippen LogP contribution is 2.30. The van der Waals surface area contributed by atoms with Gasteiger partial charge in [-0.2, -0.15) is 0 Å². The summed E-state index contributed by atoms with van der Waals surface area (Å²) in [5.41, 5.74) is 0.936. The lowest BCUT2D eigenvalue weighted by Gasteiger charge is -2.30. The standard InChI is InChI=1S/C22H25F2NO2/c1-3-15(2)25-10-4-5-18(25)14-27-19-11-20(21(13-26)22(24)12-19)16-6-8-17(23)9-7-16/h6-9,11-13,15,18H,3-5,10,14H2,1-2H3. The summed E-state index contributed by atoms with van der Waals surface area (Å²) < 4.78 is 33.5. The third-order valence-corrected chi connectivity index (χ3v) is 5.40. The third-order valence-electron chi connectivity index (χ3n) is 5.40. The van der Waals surface area contributed by atoms with Crippen LogP contribution in [0.5, 0.6) is 5.75 Å². The number of nitrogens with zero attached hydrogens (tertiary/aromatic N) is 1. The van der Waals surface area contributed by atoms with E-state index in [1.54, 1.807) is 6.07 Å². The number of likely N-dealkylation sites (tertiary alicyclic amines) is 1. The second kappa shape index (κ2) is 8.61. The maximum atomic E-state index is 14.4. The minimum Gasteiger partial charge on any atom is -0.492 e. The van der Waals surface area contributed by atoms with Crippen LogP contribution >= 0.6 is 0 Å². The molecule has 1 saturated heterocycles. The molecular formula is C22H25F2NO2. The van der Waals surface area contributed by atoms with Crippen LogP contribution in [0.15, 0.2) is 36.4 Å². The highest BCUT2D eigenvalue weighted by Gasteiger charge is 2.28. The summed E-state index contributed by atoms with van der Waals surface area (Å²) in [7, 11) is 0. The first-order valence-corrected chi connectivity index (χ1v) is 9.46. The molecule has 0 aliphatic carbocycles. The predicted octanol–water partition coefficient (Wildman–Crippen LogP) is 5.09. The van der Waals surface area contributed by atoms with Crippen LogP contribution in [0.1, 0.15) is 43.5 Å². The van der Waals surface area contributed by atoms with Gasteiger partial charge in [0.15, 0.2) is 6.29 Å². The van der Waals surface area contributed by atoms with E-state index in [9.17, 15) is 13.6 Å². The number of halogens is 2. The van der Waals surface area contributed by atoms with Crippen LogP contribution in [0, 0.1) is 11.6 Å². The molecule has 2 aromatic rings. The van der Waals surface area contributed by atoms with Crippen molar-refractivity contribution in [1.82, 2.24) is 4.90 Å². The van der Waals surface area contributed by atoms with Gasteiger partial charge in [0.25, 0.3) is 0 Å². The Morgan fingerprint density at radius 1 is 1.26 bits per heavy atom. The third kappa shape index (κ3) is 4.35. The molecule has 0 aromatic heterocycles. The van der Waals surface area contributed by atoms with Crippen LogP contribution < -0.4 is 4.74 Å². The molecule has 0 saturated carbocycles. The van der Waals surface area contributed by atoms with Gasteiger partial charge in [-0.05, 0) is 62.1 Å². The second-order valence-corrected chi connectivity index (χ2v) is 7.09. The molecule has 2 unspecified atom stereocenters. The monoisotopic (exact) mass is 373 g/mol. The summed E-state index contributed by atoms with van der Waals surface area (Å²) in [4.78, 5) is 13.8. The van der Waals surface area contributed by atoms with E-state index in [1.807, 2.05) is 0 Å². The van der Waals surface area contributed by atoms with Gasteiger partial charge in [-0.25, -0.2) is 8.78 Å². The molecule has 144 valence electrons. The van der Waals surface area contributed by atoms with Crippen LogP contribution in [-0.2, 0) is 0 Å². The van der Waals surface area contributed by atoms with Crippen LogP contribution in [0.3, 0.4) is 0 Å². The normalized spacial score (nSPS) is 18.4. The molecule has 0 N–H and O–H groups in total. The quantitative estimate of drug-likeness (QED) is 0.634. The van der Waals surface area contributed by atoms with Crippen molar-refractivity contribution < 1.29 is 18.3 Å². The fourth-order valence-corrected chi connectivity index (χ4v) is 3.71. The van der Waals surface area contributed by atoms with Gasteiger partial charge in [-0.15, -0.1) is 0 Å². The lowest BCUT2D eigenvalue weighted by Crippen LogP contribution is -2.40. The van der Waals surface area contributed by atoms with Crippen molar-refractivity contribution >= 4 is 6.29 Å². The number of hydrogen-bond acceptors (Lipinski definition) is 3. The van der Waals surface area contributed by atoms with Crippen LogP contribution in [0.2, 0.25) is 0 Å². The first kappa shape index (κ1) is 19.5. The van der Waals surface area contributed by atoms with E-state index in [2.05, 4.69) is 18.7 Å². The van der Waals surface area contributed by atoms with Crippen molar-refractivity contribution in [3.63, 3.8) is 0 Å². The lowest BCUT2D eigenvalue weighted by atomic mass is 9.99. The van der Waals surface area contributed by atoms with Gasteiger partial charge in [0, 0.05) is 18.2 Å². The van der Waals surface area contributed by atoms with Gasteiger partial charge in [0.1, 0.15) is 24.0 Å². The Morgan fingerprint density at radius 3 is 2.67 bits per heavy atom. The first-order valence-electron chi connectivity index (χ1n) is 9.46. The van der Waals surface area contributed by atoms with Crippen molar-refractivity contribution in [3.05, 3.63) is 53.6 Å². The zero-order valence-electron chi connectivity index (χ0n) is 15.8. The number of carbonyl (C=O) groups is 1. The molecule has 27 heavy (non-hydrogen) atoms. The lowest BCUT2D eigenvalue weighted by molar-refractivity contribution is 0.112. The summed E-state index contributed by atoms with van der Waals surface area (Å²) in [6.07, 6.45) is 3.76. The average Bonchev–Trinajstić information content (AvgIpc) is 3.14. The molecule has 0 amide bonds. The zero-order chi connectivity index (χ0) is 19.4. The average molecular weight is 373 g/mol. The Hall–Kier alpha value is -2.27. The number of hydrogen-bond donors (Lipinski definition) is 0. The summed E-state index contributed by atoms with van der Waals surface area (Å²) in [5, 5.41) is 0. The summed E-state index contributed by atoms with van der Waals surface area (Å²) >= 11 is 0. The topological polar surface area (TPSA) is 29.5 Å². The molecule has 1 heterocycles. The number of rotatable bonds is 7. The molecule has 2 atom stereocenters. The number of carbonyl (C=O) groups excluding carboxylic acids is 1. The van der Waals surface area contributed by atoms with E-state index in [-0.39, 0.29) is 11.4 Å². The van der Waals surface area contributed by atoms with Crippen molar-refractivity contribution in [3.8, 4) is 16.9 Å². The highest BCUT2D eigenvalue weighted by molar-refractivity contribution is 5.88. The van der Waals surface area contributed by atoms with E-state index in [4.69, 9.17) is 4.74 Å². The fraction of sp³-hybridized carbons (Fsp3) is 0.409. The maximum absolute atomic E-state index is 14.4. The van der Waals surface area contributed by atoms with E-state index < -0.39 is 5.82 Å². The van der Waals surface area contributed by atoms with Crippen molar-refractivity contribution in [2.45, 2.75) is 45.2 Å². The van der Waals surface area contributed by atoms with Gasteiger partial charge in [0.05, 0.1) is 5.56 Å². The van der Waals surface area contributed by atoms with E-state index in [0.29, 0.717) is 41.9 Å². The predicted molar refractivity (Wildman–Crippen MR) is 102 cm³/mol. The second-order valence-electron chi connectivity index (χ2n) is 7.09. The van der Waals surface area contributed by atoms with Gasteiger partial charge < -0.3 is 4.74 Å². The number of benzene rings is 2. The summed E-state index contributed by atoms with van der Waals surface area (Å²) in [6, 6.07) is 9.34. The zero-order valence-corrected chi connectivity index (χ0v) is 15.8. The summed E-state index contributed by atoms with van der Waals surface area (Å²) in [5.74, 6) is -0.633. The fourth-order valence-electron chi connectivity index (χ4n) is 3.71. The molecule has 1 aliphatic rings. The van der Waals surface area contributed by atoms with Crippen molar-refractivity contribution in [1.29, 1.82) is 0 Å². The number of aldehydes is 1. The van der Waals surface area contributed by atoms with Crippen molar-refractivity contribution in [2.75, 3.05) is 13.2 Å². The van der Waals surface area contributed by atoms with Gasteiger partial charge >= 0.3 is 0 Å².